The van der Waals surface area contributed by atoms with Crippen LogP contribution in [0.25, 0.3) is 11.3 Å². The van der Waals surface area contributed by atoms with Crippen molar-refractivity contribution in [2.24, 2.45) is 0 Å². The fraction of sp³-hybridized carbons (Fsp3) is 0.344. The van der Waals surface area contributed by atoms with Crippen molar-refractivity contribution < 1.29 is 26.8 Å². The van der Waals surface area contributed by atoms with Crippen molar-refractivity contribution in [2.45, 2.75) is 13.8 Å². The molecule has 13 heteroatoms. The first-order valence-corrected chi connectivity index (χ1v) is 18.4. The molecule has 0 radical (unpaired) electrons. The normalized spacial score (nSPS) is 16.6. The summed E-state index contributed by atoms with van der Waals surface area (Å²) < 4.78 is 51.7. The van der Waals surface area contributed by atoms with Crippen molar-refractivity contribution in [3.05, 3.63) is 83.9 Å². The van der Waals surface area contributed by atoms with Gasteiger partial charge in [0.05, 0.1) is 41.7 Å². The number of carbonyl (C=O) groups excluding carboxylic acids is 1. The third-order valence-corrected chi connectivity index (χ3v) is 10.9. The molecule has 0 unspecified atom stereocenters. The summed E-state index contributed by atoms with van der Waals surface area (Å²) in [5.41, 5.74) is 4.04. The van der Waals surface area contributed by atoms with Gasteiger partial charge in [0.25, 0.3) is 5.91 Å². The van der Waals surface area contributed by atoms with Gasteiger partial charge in [-0.25, -0.2) is 8.42 Å². The molecule has 0 aliphatic carbocycles. The van der Waals surface area contributed by atoms with Gasteiger partial charge in [-0.05, 0) is 61.9 Å². The van der Waals surface area contributed by atoms with E-state index in [1.54, 1.807) is 56.3 Å². The van der Waals surface area contributed by atoms with Crippen LogP contribution in [0.3, 0.4) is 0 Å². The van der Waals surface area contributed by atoms with E-state index in [0.717, 1.165) is 31.7 Å². The van der Waals surface area contributed by atoms with Gasteiger partial charge >= 0.3 is 7.60 Å². The van der Waals surface area contributed by atoms with Crippen LogP contribution in [0.4, 0.5) is 17.1 Å². The Morgan fingerprint density at radius 1 is 0.978 bits per heavy atom. The van der Waals surface area contributed by atoms with Crippen LogP contribution in [0.2, 0.25) is 0 Å². The highest BCUT2D eigenvalue weighted by molar-refractivity contribution is 7.92. The van der Waals surface area contributed by atoms with Crippen LogP contribution in [0, 0.1) is 0 Å². The highest BCUT2D eigenvalue weighted by atomic mass is 32.2. The number of piperazine rings is 1. The van der Waals surface area contributed by atoms with E-state index in [2.05, 4.69) is 20.9 Å². The fourth-order valence-electron chi connectivity index (χ4n) is 5.49. The minimum atomic E-state index is -3.60. The average molecular weight is 654 g/mol. The Morgan fingerprint density at radius 2 is 1.64 bits per heavy atom. The van der Waals surface area contributed by atoms with E-state index in [0.29, 0.717) is 52.3 Å². The molecule has 3 N–H and O–H groups in total. The Balaban J connectivity index is 1.50. The summed E-state index contributed by atoms with van der Waals surface area (Å²) in [4.78, 5) is 15.7. The Labute approximate surface area is 265 Å². The molecular formula is C32H40N5O6PS. The maximum absolute atomic E-state index is 13.6. The molecule has 1 amide bonds. The average Bonchev–Trinajstić information content (AvgIpc) is 3.36. The summed E-state index contributed by atoms with van der Waals surface area (Å²) in [6.07, 6.45) is 1.22. The third-order valence-electron chi connectivity index (χ3n) is 7.63. The van der Waals surface area contributed by atoms with Gasteiger partial charge in [-0.1, -0.05) is 30.3 Å². The Bertz CT molecular complexity index is 1680. The first kappa shape index (κ1) is 32.9. The molecule has 5 rings (SSSR count). The number of sulfonamides is 1. The first-order chi connectivity index (χ1) is 21.6. The predicted octanol–water partition coefficient (Wildman–Crippen LogP) is 4.18. The summed E-state index contributed by atoms with van der Waals surface area (Å²) in [6, 6.07) is 21.6. The van der Waals surface area contributed by atoms with E-state index in [1.807, 2.05) is 30.3 Å². The minimum Gasteiger partial charge on any atom is -0.354 e. The molecule has 11 nitrogen and oxygen atoms in total. The maximum atomic E-state index is 13.6. The number of amides is 1. The molecule has 45 heavy (non-hydrogen) atoms. The smallest absolute Gasteiger partial charge is 0.354 e. The molecule has 2 aliphatic rings. The molecule has 1 fully saturated rings. The van der Waals surface area contributed by atoms with E-state index in [4.69, 9.17) is 9.05 Å². The van der Waals surface area contributed by atoms with Crippen LogP contribution < -0.4 is 25.6 Å². The van der Waals surface area contributed by atoms with Crippen LogP contribution >= 0.6 is 7.60 Å². The quantitative estimate of drug-likeness (QED) is 0.184. The molecule has 0 saturated carbocycles. The van der Waals surface area contributed by atoms with Crippen LogP contribution in [0.5, 0.6) is 0 Å². The number of fused-ring (bicyclic) bond motifs is 1. The van der Waals surface area contributed by atoms with E-state index in [-0.39, 0.29) is 19.1 Å². The summed E-state index contributed by atoms with van der Waals surface area (Å²) in [5, 5.41) is 10.00. The molecule has 3 aromatic carbocycles. The molecule has 2 heterocycles. The second kappa shape index (κ2) is 14.3. The Hall–Kier alpha value is -3.51. The number of nitrogens with one attached hydrogen (secondary N) is 3. The standard InChI is InChI=1S/C32H40N5O6PS/c1-4-42-44(39,43-5-2)27-15-16-29-28(23-27)30(32(38)35-29)31(24-9-7-6-8-10-24)34-25-11-13-26(14-12-25)37(45(3,40)41)22-21-36-19-17-33-18-20-36/h6-16,23,33-34H,4-5,17-22H2,1-3H3,(H,35,38). The van der Waals surface area contributed by atoms with Crippen molar-refractivity contribution in [2.75, 3.05) is 73.7 Å². The van der Waals surface area contributed by atoms with Crippen LogP contribution in [0.1, 0.15) is 25.0 Å². The topological polar surface area (TPSA) is 129 Å². The van der Waals surface area contributed by atoms with Gasteiger partial charge in [0.2, 0.25) is 10.0 Å². The lowest BCUT2D eigenvalue weighted by Crippen LogP contribution is -2.47. The molecule has 0 aromatic heterocycles. The number of hydrogen-bond donors (Lipinski definition) is 3. The third kappa shape index (κ3) is 7.66. The van der Waals surface area contributed by atoms with E-state index in [9.17, 15) is 17.8 Å². The molecule has 2 aliphatic heterocycles. The summed E-state index contributed by atoms with van der Waals surface area (Å²) in [5.74, 6) is -0.316. The van der Waals surface area contributed by atoms with Crippen molar-refractivity contribution in [1.82, 2.24) is 10.2 Å². The molecule has 240 valence electrons. The maximum Gasteiger partial charge on any atom is 0.361 e. The SMILES string of the molecule is CCOP(=O)(OCC)c1ccc2c(c1)C(=C(Nc1ccc(N(CCN3CCNCC3)S(C)(=O)=O)cc1)c1ccccc1)C(=O)N2. The van der Waals surface area contributed by atoms with Crippen molar-refractivity contribution in [1.29, 1.82) is 0 Å². The molecule has 0 atom stereocenters. The molecule has 1 saturated heterocycles. The van der Waals surface area contributed by atoms with E-state index < -0.39 is 17.6 Å². The van der Waals surface area contributed by atoms with Crippen molar-refractivity contribution >= 4 is 57.2 Å². The molecule has 0 spiro atoms. The van der Waals surface area contributed by atoms with Gasteiger partial charge in [0, 0.05) is 56.2 Å². The fourth-order valence-corrected chi connectivity index (χ4v) is 8.01. The zero-order valence-electron chi connectivity index (χ0n) is 25.8. The lowest BCUT2D eigenvalue weighted by atomic mass is 10.00. The second-order valence-corrected chi connectivity index (χ2v) is 14.7. The molecule has 3 aromatic rings. The number of nitrogens with zero attached hydrogens (tertiary/aromatic N) is 2. The summed E-state index contributed by atoms with van der Waals surface area (Å²) in [6.45, 7) is 8.42. The number of hydrogen-bond acceptors (Lipinski definition) is 9. The number of benzene rings is 3. The molecule has 0 bridgehead atoms. The van der Waals surface area contributed by atoms with Crippen molar-refractivity contribution in [3.8, 4) is 0 Å². The van der Waals surface area contributed by atoms with Gasteiger partial charge in [0.15, 0.2) is 0 Å². The van der Waals surface area contributed by atoms with Crippen LogP contribution in [-0.2, 0) is 28.4 Å². The summed E-state index contributed by atoms with van der Waals surface area (Å²) in [7, 11) is -7.12. The highest BCUT2D eigenvalue weighted by Crippen LogP contribution is 2.48. The van der Waals surface area contributed by atoms with Crippen LogP contribution in [-0.4, -0.2) is 78.0 Å². The Kier molecular flexibility index (Phi) is 10.4. The monoisotopic (exact) mass is 653 g/mol. The van der Waals surface area contributed by atoms with Gasteiger partial charge in [-0.15, -0.1) is 0 Å². The number of rotatable bonds is 13. The minimum absolute atomic E-state index is 0.202. The number of carbonyl (C=O) groups is 1. The van der Waals surface area contributed by atoms with Gasteiger partial charge in [-0.2, -0.15) is 0 Å². The highest BCUT2D eigenvalue weighted by Gasteiger charge is 2.33. The number of anilines is 3. The van der Waals surface area contributed by atoms with Gasteiger partial charge < -0.3 is 25.0 Å². The van der Waals surface area contributed by atoms with Crippen LogP contribution in [0.15, 0.2) is 72.8 Å². The first-order valence-electron chi connectivity index (χ1n) is 15.1. The van der Waals surface area contributed by atoms with E-state index >= 15 is 0 Å². The lowest BCUT2D eigenvalue weighted by molar-refractivity contribution is -0.110. The van der Waals surface area contributed by atoms with Crippen molar-refractivity contribution in [3.63, 3.8) is 0 Å². The Morgan fingerprint density at radius 3 is 2.27 bits per heavy atom. The zero-order chi connectivity index (χ0) is 32.0. The van der Waals surface area contributed by atoms with Gasteiger partial charge in [0.1, 0.15) is 0 Å². The zero-order valence-corrected chi connectivity index (χ0v) is 27.5. The summed E-state index contributed by atoms with van der Waals surface area (Å²) >= 11 is 0. The largest absolute Gasteiger partial charge is 0.361 e. The second-order valence-electron chi connectivity index (χ2n) is 10.7. The molecular weight excluding hydrogens is 613 g/mol. The van der Waals surface area contributed by atoms with Gasteiger partial charge in [-0.3, -0.25) is 18.6 Å². The lowest BCUT2D eigenvalue weighted by Gasteiger charge is -2.30. The predicted molar refractivity (Wildman–Crippen MR) is 180 cm³/mol. The van der Waals surface area contributed by atoms with E-state index in [1.165, 1.54) is 10.6 Å².